The molecule has 0 unspecified atom stereocenters. The first-order valence-corrected chi connectivity index (χ1v) is 10.4. The number of aryl methyl sites for hydroxylation is 2. The molecule has 6 heteroatoms. The lowest BCUT2D eigenvalue weighted by Crippen LogP contribution is -2.32. The molecule has 0 aliphatic carbocycles. The third-order valence-electron chi connectivity index (χ3n) is 5.25. The molecule has 0 atom stereocenters. The number of aromatic hydroxyl groups is 1. The van der Waals surface area contributed by atoms with Gasteiger partial charge < -0.3 is 10.4 Å². The van der Waals surface area contributed by atoms with Crippen LogP contribution in [0.2, 0.25) is 0 Å². The maximum absolute atomic E-state index is 13.5. The van der Waals surface area contributed by atoms with E-state index in [9.17, 15) is 14.7 Å². The van der Waals surface area contributed by atoms with Crippen LogP contribution in [0.25, 0.3) is 22.4 Å². The van der Waals surface area contributed by atoms with E-state index in [1.54, 1.807) is 19.1 Å². The van der Waals surface area contributed by atoms with Gasteiger partial charge in [0.05, 0.1) is 5.69 Å². The third-order valence-corrected chi connectivity index (χ3v) is 5.25. The monoisotopic (exact) mass is 425 g/mol. The molecule has 2 N–H and O–H groups in total. The van der Waals surface area contributed by atoms with E-state index in [-0.39, 0.29) is 11.3 Å². The van der Waals surface area contributed by atoms with Gasteiger partial charge in [-0.15, -0.1) is 0 Å². The number of carbonyl (C=O) groups is 1. The molecule has 0 radical (unpaired) electrons. The van der Waals surface area contributed by atoms with Crippen LogP contribution in [0.15, 0.2) is 83.7 Å². The Balaban J connectivity index is 1.98. The Morgan fingerprint density at radius 3 is 2.19 bits per heavy atom. The van der Waals surface area contributed by atoms with Gasteiger partial charge in [0.2, 0.25) is 0 Å². The van der Waals surface area contributed by atoms with E-state index >= 15 is 0 Å². The minimum absolute atomic E-state index is 0.0272. The lowest BCUT2D eigenvalue weighted by Gasteiger charge is -2.17. The van der Waals surface area contributed by atoms with Crippen molar-refractivity contribution in [2.24, 2.45) is 0 Å². The van der Waals surface area contributed by atoms with Gasteiger partial charge in [-0.2, -0.15) is 5.10 Å². The number of phenolic OH excluding ortho intramolecular Hbond substituents is 1. The number of carbonyl (C=O) groups excluding carboxylic acids is 1. The molecule has 1 aromatic heterocycles. The Hall–Kier alpha value is -4.19. The fraction of sp³-hybridized carbons (Fsp3) is 0.115. The van der Waals surface area contributed by atoms with E-state index in [1.165, 1.54) is 10.7 Å². The van der Waals surface area contributed by atoms with E-state index in [0.29, 0.717) is 29.1 Å². The van der Waals surface area contributed by atoms with Crippen molar-refractivity contribution in [1.29, 1.82) is 0 Å². The van der Waals surface area contributed by atoms with Gasteiger partial charge >= 0.3 is 0 Å². The predicted octanol–water partition coefficient (Wildman–Crippen LogP) is 4.86. The number of phenols is 1. The quantitative estimate of drug-likeness (QED) is 0.447. The number of aromatic nitrogens is 2. The minimum Gasteiger partial charge on any atom is -0.508 e. The van der Waals surface area contributed by atoms with Crippen LogP contribution >= 0.6 is 0 Å². The van der Waals surface area contributed by atoms with Crippen LogP contribution < -0.4 is 10.9 Å². The molecule has 1 heterocycles. The molecule has 4 rings (SSSR count). The Kier molecular flexibility index (Phi) is 5.85. The summed E-state index contributed by atoms with van der Waals surface area (Å²) in [6.45, 7) is 3.92. The van der Waals surface area contributed by atoms with Gasteiger partial charge in [-0.3, -0.25) is 9.59 Å². The van der Waals surface area contributed by atoms with Crippen LogP contribution in [0, 0.1) is 6.92 Å². The van der Waals surface area contributed by atoms with Crippen LogP contribution in [-0.4, -0.2) is 20.8 Å². The van der Waals surface area contributed by atoms with Crippen LogP contribution in [-0.2, 0) is 6.54 Å². The summed E-state index contributed by atoms with van der Waals surface area (Å²) >= 11 is 0. The molecule has 0 bridgehead atoms. The van der Waals surface area contributed by atoms with Crippen molar-refractivity contribution in [2.75, 3.05) is 5.32 Å². The normalized spacial score (nSPS) is 10.7. The van der Waals surface area contributed by atoms with Crippen molar-refractivity contribution < 1.29 is 9.90 Å². The Bertz CT molecular complexity index is 1330. The first kappa shape index (κ1) is 21.1. The molecule has 0 aliphatic heterocycles. The van der Waals surface area contributed by atoms with E-state index in [1.807, 2.05) is 67.6 Å². The molecule has 6 nitrogen and oxygen atoms in total. The molecule has 0 aliphatic rings. The molecule has 1 amide bonds. The molecular weight excluding hydrogens is 402 g/mol. The van der Waals surface area contributed by atoms with Crippen molar-refractivity contribution in [2.45, 2.75) is 20.4 Å². The van der Waals surface area contributed by atoms with Crippen molar-refractivity contribution >= 4 is 11.6 Å². The van der Waals surface area contributed by atoms with E-state index in [0.717, 1.165) is 11.1 Å². The lowest BCUT2D eigenvalue weighted by atomic mass is 9.95. The highest BCUT2D eigenvalue weighted by molar-refractivity contribution is 6.10. The summed E-state index contributed by atoms with van der Waals surface area (Å²) in [6, 6.07) is 23.5. The summed E-state index contributed by atoms with van der Waals surface area (Å²) in [7, 11) is 0. The average molecular weight is 425 g/mol. The Morgan fingerprint density at radius 1 is 0.969 bits per heavy atom. The van der Waals surface area contributed by atoms with Crippen LogP contribution in [0.4, 0.5) is 5.69 Å². The fourth-order valence-electron chi connectivity index (χ4n) is 3.65. The second-order valence-corrected chi connectivity index (χ2v) is 7.40. The molecule has 3 aromatic carbocycles. The van der Waals surface area contributed by atoms with Crippen molar-refractivity contribution in [3.63, 3.8) is 0 Å². The van der Waals surface area contributed by atoms with Gasteiger partial charge in [0.15, 0.2) is 0 Å². The van der Waals surface area contributed by atoms with Crippen LogP contribution in [0.1, 0.15) is 22.8 Å². The molecular formula is C26H23N3O3. The predicted molar refractivity (Wildman–Crippen MR) is 126 cm³/mol. The zero-order chi connectivity index (χ0) is 22.7. The number of rotatable bonds is 5. The number of hydrogen-bond donors (Lipinski definition) is 2. The summed E-state index contributed by atoms with van der Waals surface area (Å²) in [5.41, 5.74) is 3.36. The smallest absolute Gasteiger partial charge is 0.280 e. The summed E-state index contributed by atoms with van der Waals surface area (Å²) in [5, 5.41) is 17.1. The number of hydrogen-bond acceptors (Lipinski definition) is 4. The van der Waals surface area contributed by atoms with Gasteiger partial charge in [-0.25, -0.2) is 4.68 Å². The number of benzene rings is 3. The molecule has 160 valence electrons. The van der Waals surface area contributed by atoms with Gasteiger partial charge in [0, 0.05) is 23.4 Å². The molecule has 0 fully saturated rings. The van der Waals surface area contributed by atoms with Gasteiger partial charge in [-0.1, -0.05) is 60.7 Å². The minimum atomic E-state index is -0.524. The molecule has 32 heavy (non-hydrogen) atoms. The first-order chi connectivity index (χ1) is 15.5. The first-order valence-electron chi connectivity index (χ1n) is 10.4. The number of nitrogens with one attached hydrogen (secondary N) is 1. The lowest BCUT2D eigenvalue weighted by molar-refractivity contribution is 0.102. The molecule has 0 spiro atoms. The van der Waals surface area contributed by atoms with Gasteiger partial charge in [-0.05, 0) is 43.2 Å². The van der Waals surface area contributed by atoms with Crippen LogP contribution in [0.5, 0.6) is 5.75 Å². The summed E-state index contributed by atoms with van der Waals surface area (Å²) < 4.78 is 1.31. The van der Waals surface area contributed by atoms with Crippen molar-refractivity contribution in [3.05, 3.63) is 100 Å². The van der Waals surface area contributed by atoms with Crippen LogP contribution in [0.3, 0.4) is 0 Å². The van der Waals surface area contributed by atoms with Crippen molar-refractivity contribution in [3.8, 4) is 28.1 Å². The SMILES string of the molecule is CCn1nc(-c2ccccc2)c(-c2ccccc2)c(C(=O)Nc2ccc(O)cc2C)c1=O. The zero-order valence-electron chi connectivity index (χ0n) is 17.9. The highest BCUT2D eigenvalue weighted by Crippen LogP contribution is 2.32. The zero-order valence-corrected chi connectivity index (χ0v) is 17.9. The highest BCUT2D eigenvalue weighted by Gasteiger charge is 2.25. The molecule has 0 saturated heterocycles. The summed E-state index contributed by atoms with van der Waals surface area (Å²) in [5.74, 6) is -0.418. The van der Waals surface area contributed by atoms with E-state index < -0.39 is 11.5 Å². The van der Waals surface area contributed by atoms with Gasteiger partial charge in [0.1, 0.15) is 11.3 Å². The third kappa shape index (κ3) is 4.03. The van der Waals surface area contributed by atoms with E-state index in [2.05, 4.69) is 10.4 Å². The number of anilines is 1. The number of amides is 1. The maximum atomic E-state index is 13.5. The standard InChI is InChI=1S/C26H23N3O3/c1-3-29-26(32)23(25(31)27-21-15-14-20(30)16-17(21)2)22(18-10-6-4-7-11-18)24(28-29)19-12-8-5-9-13-19/h4-16,30H,3H2,1-2H3,(H,27,31). The highest BCUT2D eigenvalue weighted by atomic mass is 16.3. The fourth-order valence-corrected chi connectivity index (χ4v) is 3.65. The topological polar surface area (TPSA) is 84.2 Å². The Labute approximate surface area is 185 Å². The molecule has 4 aromatic rings. The molecule has 0 saturated carbocycles. The average Bonchev–Trinajstić information content (AvgIpc) is 2.81. The largest absolute Gasteiger partial charge is 0.508 e. The summed E-state index contributed by atoms with van der Waals surface area (Å²) in [4.78, 5) is 26.9. The van der Waals surface area contributed by atoms with E-state index in [4.69, 9.17) is 0 Å². The Morgan fingerprint density at radius 2 is 1.59 bits per heavy atom. The maximum Gasteiger partial charge on any atom is 0.280 e. The second-order valence-electron chi connectivity index (χ2n) is 7.40. The summed E-state index contributed by atoms with van der Waals surface area (Å²) in [6.07, 6.45) is 0. The number of nitrogens with zero attached hydrogens (tertiary/aromatic N) is 2. The van der Waals surface area contributed by atoms with Gasteiger partial charge in [0.25, 0.3) is 11.5 Å². The second kappa shape index (κ2) is 8.89. The van der Waals surface area contributed by atoms with Crippen molar-refractivity contribution in [1.82, 2.24) is 9.78 Å².